The summed E-state index contributed by atoms with van der Waals surface area (Å²) in [6.07, 6.45) is 1.90. The minimum atomic E-state index is -0.290. The zero-order valence-corrected chi connectivity index (χ0v) is 23.3. The molecule has 4 heterocycles. The fraction of sp³-hybridized carbons (Fsp3) is 0.407. The molecule has 0 saturated carbocycles. The molecule has 2 aromatic heterocycles. The number of thiophene rings is 1. The highest BCUT2D eigenvalue weighted by molar-refractivity contribution is 7.15. The Morgan fingerprint density at radius 3 is 2.70 bits per heavy atom. The lowest BCUT2D eigenvalue weighted by molar-refractivity contribution is -0.122. The number of fused-ring (bicyclic) bond motifs is 5. The Morgan fingerprint density at radius 2 is 1.95 bits per heavy atom. The highest BCUT2D eigenvalue weighted by atomic mass is 32.1. The van der Waals surface area contributed by atoms with Gasteiger partial charge in [0, 0.05) is 45.6 Å². The van der Waals surface area contributed by atoms with Crippen molar-refractivity contribution >= 4 is 34.8 Å². The number of methoxy groups -OCH3 is 1. The van der Waals surface area contributed by atoms with Crippen LogP contribution in [0.2, 0.25) is 0 Å². The van der Waals surface area contributed by atoms with Gasteiger partial charge in [-0.2, -0.15) is 0 Å². The second-order valence-corrected chi connectivity index (χ2v) is 10.9. The van der Waals surface area contributed by atoms with Gasteiger partial charge in [-0.05, 0) is 31.2 Å². The number of nitrogens with zero attached hydrogens (tertiary/aromatic N) is 5. The van der Waals surface area contributed by atoms with Crippen LogP contribution in [-0.2, 0) is 11.4 Å². The van der Waals surface area contributed by atoms with Gasteiger partial charge in [-0.3, -0.25) is 19.2 Å². The van der Waals surface area contributed by atoms with Crippen molar-refractivity contribution in [2.45, 2.75) is 26.0 Å². The highest BCUT2D eigenvalue weighted by Crippen LogP contribution is 2.34. The van der Waals surface area contributed by atoms with E-state index < -0.39 is 0 Å². The number of aromatic nitrogens is 3. The number of Topliss-reactive ketones (excluding diaryl/α,β-unsaturated/α-hetero) is 1. The number of rotatable bonds is 3. The van der Waals surface area contributed by atoms with Gasteiger partial charge in [-0.15, -0.1) is 16.4 Å². The fourth-order valence-electron chi connectivity index (χ4n) is 4.98. The Morgan fingerprint density at radius 1 is 1.15 bits per heavy atom. The van der Waals surface area contributed by atoms with Gasteiger partial charge in [-0.1, -0.05) is 11.3 Å². The summed E-state index contributed by atoms with van der Waals surface area (Å²) in [6, 6.07) is 8.12. The summed E-state index contributed by atoms with van der Waals surface area (Å²) >= 11 is 1.16. The van der Waals surface area contributed by atoms with Gasteiger partial charge in [0.2, 0.25) is 5.91 Å². The molecule has 210 valence electrons. The third kappa shape index (κ3) is 5.55. The van der Waals surface area contributed by atoms with Gasteiger partial charge >= 0.3 is 0 Å². The third-order valence-electron chi connectivity index (χ3n) is 7.11. The number of likely N-dealkylation sites (N-methyl/N-ethyl adjacent to an activating group) is 1. The van der Waals surface area contributed by atoms with Crippen LogP contribution in [0, 0.1) is 5.92 Å². The first-order valence-electron chi connectivity index (χ1n) is 12.9. The molecule has 2 aliphatic rings. The minimum absolute atomic E-state index is 0.0356. The first kappa shape index (κ1) is 27.3. The summed E-state index contributed by atoms with van der Waals surface area (Å²) < 4.78 is 13.2. The normalized spacial score (nSPS) is 19.9. The Bertz CT molecular complexity index is 1450. The topological polar surface area (TPSA) is 136 Å². The summed E-state index contributed by atoms with van der Waals surface area (Å²) in [5, 5.41) is 11.4. The van der Waals surface area contributed by atoms with Crippen LogP contribution in [0.1, 0.15) is 54.8 Å². The maximum absolute atomic E-state index is 13.3. The second kappa shape index (κ2) is 11.5. The quantitative estimate of drug-likeness (QED) is 0.476. The predicted molar refractivity (Wildman–Crippen MR) is 145 cm³/mol. The van der Waals surface area contributed by atoms with E-state index in [1.54, 1.807) is 53.2 Å². The van der Waals surface area contributed by atoms with E-state index in [-0.39, 0.29) is 55.0 Å². The van der Waals surface area contributed by atoms with Gasteiger partial charge < -0.3 is 24.6 Å². The van der Waals surface area contributed by atoms with Gasteiger partial charge in [-0.25, -0.2) is 4.68 Å². The van der Waals surface area contributed by atoms with E-state index in [4.69, 9.17) is 9.47 Å². The number of carbonyl (C=O) groups is 4. The maximum atomic E-state index is 13.3. The average Bonchev–Trinajstić information content (AvgIpc) is 3.70. The number of likely N-dealkylation sites (tertiary alicyclic amines) is 1. The highest BCUT2D eigenvalue weighted by Gasteiger charge is 2.39. The van der Waals surface area contributed by atoms with Gasteiger partial charge in [0.1, 0.15) is 12.3 Å². The van der Waals surface area contributed by atoms with Crippen molar-refractivity contribution in [1.29, 1.82) is 0 Å². The van der Waals surface area contributed by atoms with Crippen LogP contribution >= 0.6 is 11.3 Å². The van der Waals surface area contributed by atoms with E-state index in [1.807, 2.05) is 0 Å². The lowest BCUT2D eigenvalue weighted by atomic mass is 9.99. The summed E-state index contributed by atoms with van der Waals surface area (Å²) in [4.78, 5) is 55.4. The van der Waals surface area contributed by atoms with Crippen LogP contribution in [-0.4, -0.2) is 88.6 Å². The van der Waals surface area contributed by atoms with E-state index in [2.05, 4.69) is 15.6 Å². The van der Waals surface area contributed by atoms with Crippen LogP contribution in [0.4, 0.5) is 0 Å². The zero-order valence-electron chi connectivity index (χ0n) is 22.5. The molecule has 0 radical (unpaired) electrons. The van der Waals surface area contributed by atoms with Crippen molar-refractivity contribution in [2.75, 3.05) is 40.3 Å². The Kier molecular flexibility index (Phi) is 7.83. The average molecular weight is 567 g/mol. The number of para-hydroxylation sites is 1. The van der Waals surface area contributed by atoms with E-state index in [1.165, 1.54) is 18.9 Å². The summed E-state index contributed by atoms with van der Waals surface area (Å²) in [7, 11) is 3.16. The Balaban J connectivity index is 1.43. The minimum Gasteiger partial charge on any atom is -0.493 e. The molecular formula is C27H30N6O6S. The number of ketones is 1. The van der Waals surface area contributed by atoms with Gasteiger partial charge in [0.25, 0.3) is 11.8 Å². The number of carbonyl (C=O) groups excluding carboxylic acids is 4. The molecule has 2 bridgehead atoms. The molecule has 3 aromatic rings. The molecule has 0 spiro atoms. The van der Waals surface area contributed by atoms with E-state index in [0.717, 1.165) is 11.3 Å². The molecule has 1 aromatic carbocycles. The van der Waals surface area contributed by atoms with E-state index in [0.29, 0.717) is 52.1 Å². The van der Waals surface area contributed by atoms with Crippen molar-refractivity contribution in [3.63, 3.8) is 0 Å². The largest absolute Gasteiger partial charge is 0.493 e. The number of nitrogens with one attached hydrogen (secondary N) is 1. The summed E-state index contributed by atoms with van der Waals surface area (Å²) in [6.45, 7) is 2.74. The molecule has 2 atom stereocenters. The molecule has 0 unspecified atom stereocenters. The molecule has 1 saturated heterocycles. The molecule has 13 heteroatoms. The lowest BCUT2D eigenvalue weighted by Gasteiger charge is -2.21. The summed E-state index contributed by atoms with van der Waals surface area (Å²) in [5.41, 5.74) is 0.848. The van der Waals surface area contributed by atoms with Gasteiger partial charge in [0.05, 0.1) is 34.7 Å². The standard InChI is InChI=1S/C27H30N6O6S/c1-16(34)22-7-8-23(40-22)27(37)32-12-17-11-24(35)28-9-10-31(2)26(36)19-5-4-6-21(38-3)25(19)39-15-18-13-33(30-29-18)20(17)14-32/h4-8,13,17,20H,9-12,14-15H2,1-3H3,(H,28,35)/t17-,20+/m0/s1. The molecule has 1 N–H and O–H groups in total. The number of hydrogen-bond donors (Lipinski definition) is 1. The molecule has 1 fully saturated rings. The van der Waals surface area contributed by atoms with Crippen LogP contribution < -0.4 is 14.8 Å². The number of amides is 3. The van der Waals surface area contributed by atoms with Crippen molar-refractivity contribution in [3.8, 4) is 11.5 Å². The van der Waals surface area contributed by atoms with Crippen LogP contribution in [0.25, 0.3) is 0 Å². The van der Waals surface area contributed by atoms with Crippen molar-refractivity contribution in [3.05, 3.63) is 57.5 Å². The molecular weight excluding hydrogens is 536 g/mol. The van der Waals surface area contributed by atoms with Crippen molar-refractivity contribution in [1.82, 2.24) is 30.1 Å². The molecule has 12 nitrogen and oxygen atoms in total. The molecule has 2 aliphatic heterocycles. The van der Waals surface area contributed by atoms with Crippen molar-refractivity contribution in [2.24, 2.45) is 5.92 Å². The second-order valence-electron chi connectivity index (χ2n) is 9.85. The molecule has 40 heavy (non-hydrogen) atoms. The predicted octanol–water partition coefficient (Wildman–Crippen LogP) is 2.04. The molecule has 0 aliphatic carbocycles. The van der Waals surface area contributed by atoms with Gasteiger partial charge in [0.15, 0.2) is 17.3 Å². The molecule has 3 amide bonds. The maximum Gasteiger partial charge on any atom is 0.264 e. The summed E-state index contributed by atoms with van der Waals surface area (Å²) in [5.74, 6) is -0.254. The monoisotopic (exact) mass is 566 g/mol. The SMILES string of the molecule is COc1cccc2c1OCc1cn(nn1)[C@@H]1CN(C(=O)c3ccc(C(C)=O)s3)C[C@@H]1CC(=O)NCCN(C)C2=O. The number of ether oxygens (including phenoxy) is 2. The first-order valence-corrected chi connectivity index (χ1v) is 13.7. The zero-order chi connectivity index (χ0) is 28.4. The number of benzene rings is 1. The van der Waals surface area contributed by atoms with Crippen LogP contribution in [0.5, 0.6) is 11.5 Å². The van der Waals surface area contributed by atoms with Crippen LogP contribution in [0.15, 0.2) is 36.5 Å². The number of hydrogen-bond acceptors (Lipinski definition) is 9. The van der Waals surface area contributed by atoms with E-state index in [9.17, 15) is 19.2 Å². The van der Waals surface area contributed by atoms with Crippen LogP contribution in [0.3, 0.4) is 0 Å². The smallest absolute Gasteiger partial charge is 0.264 e. The molecule has 5 rings (SSSR count). The third-order valence-corrected chi connectivity index (χ3v) is 8.29. The Labute approximate surface area is 234 Å². The van der Waals surface area contributed by atoms with Crippen molar-refractivity contribution < 1.29 is 28.7 Å². The fourth-order valence-corrected chi connectivity index (χ4v) is 5.85. The van der Waals surface area contributed by atoms with E-state index >= 15 is 0 Å². The lowest BCUT2D eigenvalue weighted by Crippen LogP contribution is -2.37. The Hall–Kier alpha value is -4.26. The first-order chi connectivity index (χ1) is 19.2.